The van der Waals surface area contributed by atoms with E-state index in [-0.39, 0.29) is 11.9 Å². The van der Waals surface area contributed by atoms with Crippen LogP contribution in [0.2, 0.25) is 0 Å². The molecule has 0 aromatic heterocycles. The smallest absolute Gasteiger partial charge is 0.237 e. The number of anilines is 1. The lowest BCUT2D eigenvalue weighted by Crippen LogP contribution is -2.47. The van der Waals surface area contributed by atoms with Crippen molar-refractivity contribution in [3.63, 3.8) is 0 Å². The molecule has 126 valence electrons. The number of carbonyl (C=O) groups excluding carboxylic acids is 1. The number of nitrogens with two attached hydrogens (primary N) is 1. The van der Waals surface area contributed by atoms with Crippen molar-refractivity contribution in [1.82, 2.24) is 5.32 Å². The first-order valence-corrected chi connectivity index (χ1v) is 8.57. The van der Waals surface area contributed by atoms with E-state index in [4.69, 9.17) is 5.73 Å². The van der Waals surface area contributed by atoms with Gasteiger partial charge in [0, 0.05) is 24.8 Å². The normalized spacial score (nSPS) is 15.7. The molecule has 0 bridgehead atoms. The highest BCUT2D eigenvalue weighted by molar-refractivity contribution is 5.81. The summed E-state index contributed by atoms with van der Waals surface area (Å²) < 4.78 is 0. The fourth-order valence-corrected chi connectivity index (χ4v) is 3.27. The average Bonchev–Trinajstić information content (AvgIpc) is 3.04. The Hall–Kier alpha value is -2.33. The molecular weight excluding hydrogens is 298 g/mol. The topological polar surface area (TPSA) is 58.4 Å². The summed E-state index contributed by atoms with van der Waals surface area (Å²) in [4.78, 5) is 14.6. The Bertz CT molecular complexity index is 686. The van der Waals surface area contributed by atoms with Crippen LogP contribution in [0.25, 0.3) is 0 Å². The van der Waals surface area contributed by atoms with Gasteiger partial charge in [0.1, 0.15) is 0 Å². The molecule has 0 fully saturated rings. The molecule has 1 amide bonds. The van der Waals surface area contributed by atoms with E-state index in [2.05, 4.69) is 41.4 Å². The van der Waals surface area contributed by atoms with Gasteiger partial charge in [-0.05, 0) is 37.0 Å². The fourth-order valence-electron chi connectivity index (χ4n) is 3.27. The molecule has 1 aliphatic heterocycles. The van der Waals surface area contributed by atoms with Crippen LogP contribution in [0, 0.1) is 0 Å². The molecule has 0 saturated carbocycles. The standard InChI is InChI=1S/C20H25N3O/c1-15(23-12-11-17-9-5-6-10-19(17)23)14-22-20(24)18(21)13-16-7-3-2-4-8-16/h2-10,15,18H,11-14,21H2,1H3,(H,22,24). The number of nitrogens with one attached hydrogen (secondary N) is 1. The monoisotopic (exact) mass is 323 g/mol. The SMILES string of the molecule is CC(CNC(=O)C(N)Cc1ccccc1)N1CCc2ccccc21. The van der Waals surface area contributed by atoms with Crippen molar-refractivity contribution in [1.29, 1.82) is 0 Å². The maximum atomic E-state index is 12.3. The maximum absolute atomic E-state index is 12.3. The highest BCUT2D eigenvalue weighted by atomic mass is 16.2. The van der Waals surface area contributed by atoms with Gasteiger partial charge in [-0.15, -0.1) is 0 Å². The third kappa shape index (κ3) is 3.77. The molecule has 3 rings (SSSR count). The van der Waals surface area contributed by atoms with E-state index in [1.807, 2.05) is 30.3 Å². The van der Waals surface area contributed by atoms with Gasteiger partial charge in [-0.1, -0.05) is 48.5 Å². The fraction of sp³-hybridized carbons (Fsp3) is 0.350. The minimum absolute atomic E-state index is 0.0850. The molecule has 24 heavy (non-hydrogen) atoms. The van der Waals surface area contributed by atoms with Crippen LogP contribution in [-0.4, -0.2) is 31.1 Å². The Labute approximate surface area is 143 Å². The summed E-state index contributed by atoms with van der Waals surface area (Å²) >= 11 is 0. The van der Waals surface area contributed by atoms with Crippen LogP contribution in [0.5, 0.6) is 0 Å². The van der Waals surface area contributed by atoms with E-state index in [1.54, 1.807) is 0 Å². The summed E-state index contributed by atoms with van der Waals surface area (Å²) in [6.45, 7) is 3.76. The first-order valence-electron chi connectivity index (χ1n) is 8.57. The first-order chi connectivity index (χ1) is 11.6. The number of fused-ring (bicyclic) bond motifs is 1. The van der Waals surface area contributed by atoms with Crippen molar-refractivity contribution < 1.29 is 4.79 Å². The highest BCUT2D eigenvalue weighted by Crippen LogP contribution is 2.28. The molecule has 2 atom stereocenters. The first kappa shape index (κ1) is 16.5. The van der Waals surface area contributed by atoms with Gasteiger partial charge < -0.3 is 16.0 Å². The predicted octanol–water partition coefficient (Wildman–Crippen LogP) is 2.12. The van der Waals surface area contributed by atoms with Crippen LogP contribution in [0.3, 0.4) is 0 Å². The molecule has 2 aromatic rings. The van der Waals surface area contributed by atoms with E-state index in [9.17, 15) is 4.79 Å². The largest absolute Gasteiger partial charge is 0.366 e. The minimum atomic E-state index is -0.509. The van der Waals surface area contributed by atoms with E-state index < -0.39 is 6.04 Å². The van der Waals surface area contributed by atoms with E-state index >= 15 is 0 Å². The van der Waals surface area contributed by atoms with Gasteiger partial charge >= 0.3 is 0 Å². The molecule has 1 heterocycles. The molecule has 0 radical (unpaired) electrons. The predicted molar refractivity (Wildman–Crippen MR) is 98.1 cm³/mol. The van der Waals surface area contributed by atoms with Crippen LogP contribution in [0.15, 0.2) is 54.6 Å². The summed E-state index contributed by atoms with van der Waals surface area (Å²) in [5, 5.41) is 3.00. The van der Waals surface area contributed by atoms with Gasteiger partial charge in [0.15, 0.2) is 0 Å². The van der Waals surface area contributed by atoms with Crippen molar-refractivity contribution >= 4 is 11.6 Å². The van der Waals surface area contributed by atoms with Gasteiger partial charge in [0.05, 0.1) is 6.04 Å². The zero-order chi connectivity index (χ0) is 16.9. The second-order valence-electron chi connectivity index (χ2n) is 6.46. The molecule has 3 N–H and O–H groups in total. The van der Waals surface area contributed by atoms with Crippen molar-refractivity contribution in [2.24, 2.45) is 5.73 Å². The van der Waals surface area contributed by atoms with Crippen LogP contribution in [-0.2, 0) is 17.6 Å². The van der Waals surface area contributed by atoms with E-state index in [1.165, 1.54) is 11.3 Å². The second kappa shape index (κ2) is 7.49. The number of carbonyl (C=O) groups is 1. The van der Waals surface area contributed by atoms with Gasteiger partial charge in [-0.3, -0.25) is 4.79 Å². The molecule has 0 aliphatic carbocycles. The molecular formula is C20H25N3O. The van der Waals surface area contributed by atoms with Crippen LogP contribution >= 0.6 is 0 Å². The highest BCUT2D eigenvalue weighted by Gasteiger charge is 2.23. The third-order valence-corrected chi connectivity index (χ3v) is 4.66. The molecule has 4 nitrogen and oxygen atoms in total. The van der Waals surface area contributed by atoms with Gasteiger partial charge in [0.25, 0.3) is 0 Å². The summed E-state index contributed by atoms with van der Waals surface area (Å²) in [7, 11) is 0. The van der Waals surface area contributed by atoms with Crippen LogP contribution < -0.4 is 16.0 Å². The average molecular weight is 323 g/mol. The molecule has 0 saturated heterocycles. The van der Waals surface area contributed by atoms with Crippen molar-refractivity contribution in [3.8, 4) is 0 Å². The zero-order valence-electron chi connectivity index (χ0n) is 14.1. The number of para-hydroxylation sites is 1. The van der Waals surface area contributed by atoms with Crippen molar-refractivity contribution in [2.75, 3.05) is 18.0 Å². The minimum Gasteiger partial charge on any atom is -0.366 e. The Morgan fingerprint density at radius 1 is 1.17 bits per heavy atom. The van der Waals surface area contributed by atoms with Gasteiger partial charge in [0.2, 0.25) is 5.91 Å². The summed E-state index contributed by atoms with van der Waals surface area (Å²) in [6, 6.07) is 18.1. The molecule has 2 aromatic carbocycles. The Morgan fingerprint density at radius 3 is 2.67 bits per heavy atom. The lowest BCUT2D eigenvalue weighted by atomic mass is 10.1. The van der Waals surface area contributed by atoms with E-state index in [0.717, 1.165) is 18.5 Å². The van der Waals surface area contributed by atoms with Crippen LogP contribution in [0.4, 0.5) is 5.69 Å². The van der Waals surface area contributed by atoms with Crippen molar-refractivity contribution in [2.45, 2.75) is 31.8 Å². The third-order valence-electron chi connectivity index (χ3n) is 4.66. The number of hydrogen-bond donors (Lipinski definition) is 2. The lowest BCUT2D eigenvalue weighted by Gasteiger charge is -2.28. The number of nitrogens with zero attached hydrogens (tertiary/aromatic N) is 1. The maximum Gasteiger partial charge on any atom is 0.237 e. The number of benzene rings is 2. The number of rotatable bonds is 6. The Kier molecular flexibility index (Phi) is 5.16. The van der Waals surface area contributed by atoms with Crippen LogP contribution in [0.1, 0.15) is 18.1 Å². The lowest BCUT2D eigenvalue weighted by molar-refractivity contribution is -0.122. The molecule has 1 aliphatic rings. The number of hydrogen-bond acceptors (Lipinski definition) is 3. The molecule has 4 heteroatoms. The summed E-state index contributed by atoms with van der Waals surface area (Å²) in [6.07, 6.45) is 1.63. The molecule has 0 spiro atoms. The number of amides is 1. The quantitative estimate of drug-likeness (QED) is 0.856. The Balaban J connectivity index is 1.51. The summed E-state index contributed by atoms with van der Waals surface area (Å²) in [5.41, 5.74) is 9.80. The second-order valence-corrected chi connectivity index (χ2v) is 6.46. The molecule has 2 unspecified atom stereocenters. The summed E-state index contributed by atoms with van der Waals surface area (Å²) in [5.74, 6) is -0.0850. The van der Waals surface area contributed by atoms with Gasteiger partial charge in [-0.25, -0.2) is 0 Å². The van der Waals surface area contributed by atoms with Crippen molar-refractivity contribution in [3.05, 3.63) is 65.7 Å². The Morgan fingerprint density at radius 2 is 1.88 bits per heavy atom. The van der Waals surface area contributed by atoms with Gasteiger partial charge in [-0.2, -0.15) is 0 Å². The zero-order valence-corrected chi connectivity index (χ0v) is 14.1. The van der Waals surface area contributed by atoms with E-state index in [0.29, 0.717) is 13.0 Å².